The highest BCUT2D eigenvalue weighted by molar-refractivity contribution is 5.49. The van der Waals surface area contributed by atoms with Crippen LogP contribution in [0.25, 0.3) is 0 Å². The Labute approximate surface area is 204 Å². The monoisotopic (exact) mass is 465 g/mol. The number of anilines is 2. The van der Waals surface area contributed by atoms with Gasteiger partial charge in [0.15, 0.2) is 0 Å². The van der Waals surface area contributed by atoms with Crippen LogP contribution in [-0.2, 0) is 4.74 Å². The first-order chi connectivity index (χ1) is 16.7. The number of piperidine rings is 2. The molecule has 3 aliphatic heterocycles. The van der Waals surface area contributed by atoms with Gasteiger partial charge in [-0.15, -0.1) is 0 Å². The van der Waals surface area contributed by atoms with Gasteiger partial charge in [0.25, 0.3) is 0 Å². The molecular weight excluding hydrogens is 426 g/mol. The van der Waals surface area contributed by atoms with Crippen molar-refractivity contribution in [2.24, 2.45) is 5.92 Å². The lowest BCUT2D eigenvalue weighted by Crippen LogP contribution is -2.57. The molecule has 0 radical (unpaired) electrons. The minimum Gasteiger partial charge on any atom is -0.494 e. The molecule has 7 nitrogen and oxygen atoms in total. The van der Waals surface area contributed by atoms with Crippen LogP contribution in [0, 0.1) is 5.92 Å². The summed E-state index contributed by atoms with van der Waals surface area (Å²) in [6.45, 7) is 11.3. The van der Waals surface area contributed by atoms with E-state index in [-0.39, 0.29) is 5.60 Å². The molecule has 3 fully saturated rings. The van der Waals surface area contributed by atoms with Crippen molar-refractivity contribution in [1.82, 2.24) is 14.9 Å². The molecular formula is C27H39N5O2. The Bertz CT molecular complexity index is 886. The Morgan fingerprint density at radius 2 is 1.91 bits per heavy atom. The van der Waals surface area contributed by atoms with Crippen molar-refractivity contribution in [2.45, 2.75) is 44.6 Å². The van der Waals surface area contributed by atoms with E-state index in [1.807, 2.05) is 6.20 Å². The Hall–Kier alpha value is -2.38. The molecule has 3 aliphatic rings. The van der Waals surface area contributed by atoms with E-state index in [4.69, 9.17) is 9.47 Å². The fourth-order valence-corrected chi connectivity index (χ4v) is 5.69. The average molecular weight is 466 g/mol. The van der Waals surface area contributed by atoms with Gasteiger partial charge >= 0.3 is 0 Å². The second kappa shape index (κ2) is 10.9. The van der Waals surface area contributed by atoms with Crippen LogP contribution in [0.3, 0.4) is 0 Å². The van der Waals surface area contributed by atoms with Gasteiger partial charge in [0.1, 0.15) is 11.6 Å². The molecule has 1 spiro atoms. The van der Waals surface area contributed by atoms with Crippen LogP contribution < -0.4 is 14.5 Å². The van der Waals surface area contributed by atoms with E-state index in [2.05, 4.69) is 55.9 Å². The molecule has 7 heteroatoms. The Kier molecular flexibility index (Phi) is 7.50. The van der Waals surface area contributed by atoms with E-state index in [0.29, 0.717) is 0 Å². The van der Waals surface area contributed by atoms with Crippen molar-refractivity contribution < 1.29 is 9.47 Å². The fraction of sp³-hybridized carbons (Fsp3) is 0.630. The third-order valence-electron chi connectivity index (χ3n) is 7.63. The number of hydrogen-bond donors (Lipinski definition) is 0. The van der Waals surface area contributed by atoms with E-state index < -0.39 is 0 Å². The zero-order valence-corrected chi connectivity index (χ0v) is 20.6. The molecule has 0 saturated carbocycles. The fourth-order valence-electron chi connectivity index (χ4n) is 5.69. The summed E-state index contributed by atoms with van der Waals surface area (Å²) in [6, 6.07) is 8.64. The highest BCUT2D eigenvalue weighted by atomic mass is 16.5. The zero-order valence-electron chi connectivity index (χ0n) is 20.6. The lowest BCUT2D eigenvalue weighted by molar-refractivity contribution is -0.0706. The average Bonchev–Trinajstić information content (AvgIpc) is 2.88. The normalized spacial score (nSPS) is 23.3. The molecule has 0 amide bonds. The molecule has 0 aliphatic carbocycles. The Morgan fingerprint density at radius 1 is 1.06 bits per heavy atom. The third kappa shape index (κ3) is 5.81. The first-order valence-electron chi connectivity index (χ1n) is 13.0. The predicted octanol–water partition coefficient (Wildman–Crippen LogP) is 3.85. The molecule has 5 rings (SSSR count). The summed E-state index contributed by atoms with van der Waals surface area (Å²) in [5.74, 6) is 2.77. The molecule has 1 aromatic heterocycles. The number of nitrogens with zero attached hydrogens (tertiary/aromatic N) is 5. The molecule has 1 atom stereocenters. The van der Waals surface area contributed by atoms with Gasteiger partial charge in [-0.25, -0.2) is 4.98 Å². The quantitative estimate of drug-likeness (QED) is 0.576. The Balaban J connectivity index is 1.07. The molecule has 0 unspecified atom stereocenters. The van der Waals surface area contributed by atoms with Gasteiger partial charge in [0.2, 0.25) is 0 Å². The Morgan fingerprint density at radius 3 is 2.68 bits per heavy atom. The number of rotatable bonds is 7. The lowest BCUT2D eigenvalue weighted by Gasteiger charge is -2.48. The van der Waals surface area contributed by atoms with Crippen molar-refractivity contribution in [3.8, 4) is 5.75 Å². The molecule has 34 heavy (non-hydrogen) atoms. The third-order valence-corrected chi connectivity index (χ3v) is 7.63. The summed E-state index contributed by atoms with van der Waals surface area (Å²) < 4.78 is 12.4. The minimum atomic E-state index is -0.0819. The first-order valence-corrected chi connectivity index (χ1v) is 13.0. The van der Waals surface area contributed by atoms with Crippen molar-refractivity contribution in [2.75, 3.05) is 68.8 Å². The van der Waals surface area contributed by atoms with Crippen LogP contribution in [0.5, 0.6) is 5.75 Å². The van der Waals surface area contributed by atoms with E-state index in [0.717, 1.165) is 82.7 Å². The van der Waals surface area contributed by atoms with Gasteiger partial charge in [-0.3, -0.25) is 4.98 Å². The topological polar surface area (TPSA) is 54.0 Å². The van der Waals surface area contributed by atoms with Gasteiger partial charge in [0.05, 0.1) is 25.0 Å². The highest BCUT2D eigenvalue weighted by Gasteiger charge is 2.40. The lowest BCUT2D eigenvalue weighted by atomic mass is 9.89. The smallest absolute Gasteiger partial charge is 0.147 e. The largest absolute Gasteiger partial charge is 0.494 e. The molecule has 4 heterocycles. The van der Waals surface area contributed by atoms with Crippen molar-refractivity contribution in [3.63, 3.8) is 0 Å². The summed E-state index contributed by atoms with van der Waals surface area (Å²) in [5.41, 5.74) is 1.19. The molecule has 1 aromatic carbocycles. The van der Waals surface area contributed by atoms with Crippen LogP contribution in [0.1, 0.15) is 39.0 Å². The number of hydrogen-bond acceptors (Lipinski definition) is 7. The maximum atomic E-state index is 6.33. The summed E-state index contributed by atoms with van der Waals surface area (Å²) in [5, 5.41) is 0. The van der Waals surface area contributed by atoms with Crippen LogP contribution in [0.15, 0.2) is 42.9 Å². The van der Waals surface area contributed by atoms with Crippen molar-refractivity contribution >= 4 is 11.5 Å². The van der Waals surface area contributed by atoms with Gasteiger partial charge in [0, 0.05) is 57.3 Å². The standard InChI is InChI=1S/C27H39N5O2/c1-23-4-2-13-30(21-23)14-3-18-33-25-7-5-24(6-8-25)31-15-9-27(10-16-31)22-32(17-19-34-27)26-20-28-11-12-29-26/h5-8,11-12,20,23H,2-4,9-10,13-19,21-22H2,1H3/t23-/m0/s1. The first kappa shape index (κ1) is 23.4. The second-order valence-electron chi connectivity index (χ2n) is 10.2. The van der Waals surface area contributed by atoms with Gasteiger partial charge < -0.3 is 24.2 Å². The maximum absolute atomic E-state index is 6.33. The van der Waals surface area contributed by atoms with E-state index in [9.17, 15) is 0 Å². The maximum Gasteiger partial charge on any atom is 0.147 e. The number of aromatic nitrogens is 2. The predicted molar refractivity (Wildman–Crippen MR) is 136 cm³/mol. The molecule has 3 saturated heterocycles. The van der Waals surface area contributed by atoms with Gasteiger partial charge in [-0.05, 0) is 68.8 Å². The molecule has 184 valence electrons. The van der Waals surface area contributed by atoms with Crippen LogP contribution in [0.4, 0.5) is 11.5 Å². The number of morpholine rings is 1. The summed E-state index contributed by atoms with van der Waals surface area (Å²) in [4.78, 5) is 16.1. The number of benzene rings is 1. The number of likely N-dealkylation sites (tertiary alicyclic amines) is 1. The summed E-state index contributed by atoms with van der Waals surface area (Å²) in [7, 11) is 0. The van der Waals surface area contributed by atoms with E-state index in [1.54, 1.807) is 12.4 Å². The second-order valence-corrected chi connectivity index (χ2v) is 10.2. The van der Waals surface area contributed by atoms with Crippen LogP contribution >= 0.6 is 0 Å². The molecule has 0 bridgehead atoms. The minimum absolute atomic E-state index is 0.0819. The summed E-state index contributed by atoms with van der Waals surface area (Å²) in [6.07, 6.45) is 11.2. The SMILES string of the molecule is C[C@H]1CCCN(CCCOc2ccc(N3CCC4(CC3)CN(c3cnccn3)CCO4)cc2)C1. The highest BCUT2D eigenvalue weighted by Crippen LogP contribution is 2.33. The van der Waals surface area contributed by atoms with Gasteiger partial charge in [-0.1, -0.05) is 6.92 Å². The summed E-state index contributed by atoms with van der Waals surface area (Å²) >= 11 is 0. The van der Waals surface area contributed by atoms with E-state index >= 15 is 0 Å². The van der Waals surface area contributed by atoms with Crippen LogP contribution in [0.2, 0.25) is 0 Å². The zero-order chi connectivity index (χ0) is 23.2. The van der Waals surface area contributed by atoms with Crippen molar-refractivity contribution in [1.29, 1.82) is 0 Å². The molecule has 0 N–H and O–H groups in total. The van der Waals surface area contributed by atoms with Crippen molar-refractivity contribution in [3.05, 3.63) is 42.9 Å². The van der Waals surface area contributed by atoms with E-state index in [1.165, 1.54) is 31.6 Å². The van der Waals surface area contributed by atoms with Gasteiger partial charge in [-0.2, -0.15) is 0 Å². The molecule has 2 aromatic rings. The number of ether oxygens (including phenoxy) is 2. The van der Waals surface area contributed by atoms with Crippen LogP contribution in [-0.4, -0.2) is 79.5 Å².